The molecule has 3 heteroatoms. The van der Waals surface area contributed by atoms with E-state index in [1.807, 2.05) is 23.5 Å². The zero-order valence-electron chi connectivity index (χ0n) is 8.43. The van der Waals surface area contributed by atoms with Gasteiger partial charge in [-0.3, -0.25) is 0 Å². The SMILES string of the molecule is C[C@@H]([NH2+]C[C@H](O)CO)c1ccccc1. The third-order valence-corrected chi connectivity index (χ3v) is 2.30. The van der Waals surface area contributed by atoms with Gasteiger partial charge in [-0.2, -0.15) is 0 Å². The van der Waals surface area contributed by atoms with Crippen molar-refractivity contribution < 1.29 is 15.5 Å². The Balaban J connectivity index is 2.39. The van der Waals surface area contributed by atoms with E-state index < -0.39 is 6.10 Å². The van der Waals surface area contributed by atoms with Crippen LogP contribution in [-0.4, -0.2) is 29.5 Å². The highest BCUT2D eigenvalue weighted by atomic mass is 16.3. The van der Waals surface area contributed by atoms with Gasteiger partial charge >= 0.3 is 0 Å². The van der Waals surface area contributed by atoms with E-state index in [0.717, 1.165) is 0 Å². The number of nitrogens with two attached hydrogens (primary N) is 1. The monoisotopic (exact) mass is 196 g/mol. The van der Waals surface area contributed by atoms with Gasteiger partial charge in [-0.1, -0.05) is 30.3 Å². The molecule has 0 aromatic heterocycles. The second-order valence-electron chi connectivity index (χ2n) is 3.51. The van der Waals surface area contributed by atoms with E-state index in [1.165, 1.54) is 5.56 Å². The molecule has 0 spiro atoms. The molecule has 0 unspecified atom stereocenters. The van der Waals surface area contributed by atoms with Crippen molar-refractivity contribution in [3.05, 3.63) is 35.9 Å². The van der Waals surface area contributed by atoms with Crippen molar-refractivity contribution >= 4 is 0 Å². The lowest BCUT2D eigenvalue weighted by atomic mass is 10.1. The Morgan fingerprint density at radius 1 is 1.29 bits per heavy atom. The minimum Gasteiger partial charge on any atom is -0.393 e. The van der Waals surface area contributed by atoms with Gasteiger partial charge in [0.05, 0.1) is 6.61 Å². The molecule has 78 valence electrons. The molecule has 1 aromatic rings. The molecule has 0 heterocycles. The molecular formula is C11H18NO2+. The number of quaternary nitrogens is 1. The average Bonchev–Trinajstić information content (AvgIpc) is 2.26. The third-order valence-electron chi connectivity index (χ3n) is 2.30. The predicted octanol–water partition coefficient (Wildman–Crippen LogP) is -0.336. The highest BCUT2D eigenvalue weighted by Crippen LogP contribution is 2.05. The molecule has 1 rings (SSSR count). The lowest BCUT2D eigenvalue weighted by molar-refractivity contribution is -0.698. The van der Waals surface area contributed by atoms with Crippen molar-refractivity contribution in [3.8, 4) is 0 Å². The van der Waals surface area contributed by atoms with E-state index in [9.17, 15) is 5.11 Å². The molecule has 0 saturated heterocycles. The molecular weight excluding hydrogens is 178 g/mol. The maximum absolute atomic E-state index is 9.17. The molecule has 1 aromatic carbocycles. The van der Waals surface area contributed by atoms with Gasteiger partial charge in [-0.05, 0) is 6.92 Å². The van der Waals surface area contributed by atoms with E-state index in [4.69, 9.17) is 5.11 Å². The molecule has 0 aliphatic carbocycles. The summed E-state index contributed by atoms with van der Waals surface area (Å²) in [5, 5.41) is 19.8. The summed E-state index contributed by atoms with van der Waals surface area (Å²) in [6.45, 7) is 2.45. The summed E-state index contributed by atoms with van der Waals surface area (Å²) in [5.74, 6) is 0. The number of hydrogen-bond acceptors (Lipinski definition) is 2. The standard InChI is InChI=1S/C11H17NO2/c1-9(12-7-11(14)8-13)10-5-3-2-4-6-10/h2-6,9,11-14H,7-8H2,1H3/p+1/t9-,11+/m1/s1. The normalized spacial score (nSPS) is 15.1. The van der Waals surface area contributed by atoms with Crippen LogP contribution in [0.4, 0.5) is 0 Å². The maximum Gasteiger partial charge on any atom is 0.126 e. The fraction of sp³-hybridized carbons (Fsp3) is 0.455. The van der Waals surface area contributed by atoms with Crippen molar-refractivity contribution in [2.75, 3.05) is 13.2 Å². The molecule has 0 radical (unpaired) electrons. The summed E-state index contributed by atoms with van der Waals surface area (Å²) >= 11 is 0. The first-order chi connectivity index (χ1) is 6.74. The number of hydrogen-bond donors (Lipinski definition) is 3. The second kappa shape index (κ2) is 5.75. The Kier molecular flexibility index (Phi) is 4.59. The van der Waals surface area contributed by atoms with Crippen LogP contribution in [0.25, 0.3) is 0 Å². The van der Waals surface area contributed by atoms with Crippen molar-refractivity contribution in [2.45, 2.75) is 19.1 Å². The molecule has 0 aliphatic rings. The summed E-state index contributed by atoms with van der Waals surface area (Å²) in [7, 11) is 0. The number of benzene rings is 1. The van der Waals surface area contributed by atoms with Crippen LogP contribution in [0, 0.1) is 0 Å². The quantitative estimate of drug-likeness (QED) is 0.603. The molecule has 0 amide bonds. The third kappa shape index (κ3) is 3.46. The van der Waals surface area contributed by atoms with Crippen molar-refractivity contribution in [1.29, 1.82) is 0 Å². The van der Waals surface area contributed by atoms with Crippen LogP contribution in [-0.2, 0) is 0 Å². The van der Waals surface area contributed by atoms with E-state index in [-0.39, 0.29) is 6.61 Å². The maximum atomic E-state index is 9.17. The second-order valence-corrected chi connectivity index (χ2v) is 3.51. The molecule has 0 bridgehead atoms. The lowest BCUT2D eigenvalue weighted by Gasteiger charge is -2.12. The van der Waals surface area contributed by atoms with Crippen LogP contribution in [0.2, 0.25) is 0 Å². The van der Waals surface area contributed by atoms with Gasteiger partial charge < -0.3 is 15.5 Å². The molecule has 2 atom stereocenters. The van der Waals surface area contributed by atoms with Gasteiger partial charge in [0.15, 0.2) is 0 Å². The van der Waals surface area contributed by atoms with Crippen LogP contribution >= 0.6 is 0 Å². The van der Waals surface area contributed by atoms with E-state index in [2.05, 4.69) is 19.1 Å². The summed E-state index contributed by atoms with van der Waals surface area (Å²) in [5.41, 5.74) is 1.23. The number of rotatable bonds is 5. The Morgan fingerprint density at radius 3 is 2.50 bits per heavy atom. The summed E-state index contributed by atoms with van der Waals surface area (Å²) in [4.78, 5) is 0. The first kappa shape index (κ1) is 11.2. The van der Waals surface area contributed by atoms with Gasteiger partial charge in [-0.15, -0.1) is 0 Å². The zero-order valence-corrected chi connectivity index (χ0v) is 8.43. The molecule has 14 heavy (non-hydrogen) atoms. The van der Waals surface area contributed by atoms with Crippen LogP contribution in [0.15, 0.2) is 30.3 Å². The molecule has 0 saturated carbocycles. The predicted molar refractivity (Wildman–Crippen MR) is 54.7 cm³/mol. The van der Waals surface area contributed by atoms with Gasteiger partial charge in [0, 0.05) is 5.56 Å². The van der Waals surface area contributed by atoms with Gasteiger partial charge in [0.1, 0.15) is 18.7 Å². The van der Waals surface area contributed by atoms with Gasteiger partial charge in [-0.25, -0.2) is 0 Å². The van der Waals surface area contributed by atoms with Crippen LogP contribution in [0.5, 0.6) is 0 Å². The van der Waals surface area contributed by atoms with Crippen LogP contribution in [0.3, 0.4) is 0 Å². The minimum absolute atomic E-state index is 0.169. The first-order valence-electron chi connectivity index (χ1n) is 4.91. The average molecular weight is 196 g/mol. The smallest absolute Gasteiger partial charge is 0.126 e. The highest BCUT2D eigenvalue weighted by Gasteiger charge is 2.10. The summed E-state index contributed by atoms with van der Waals surface area (Å²) in [6, 6.07) is 10.4. The van der Waals surface area contributed by atoms with E-state index in [1.54, 1.807) is 0 Å². The Labute approximate surface area is 84.4 Å². The summed E-state index contributed by atoms with van der Waals surface area (Å²) < 4.78 is 0. The fourth-order valence-corrected chi connectivity index (χ4v) is 1.33. The fourth-order valence-electron chi connectivity index (χ4n) is 1.33. The summed E-state index contributed by atoms with van der Waals surface area (Å²) in [6.07, 6.45) is -0.624. The van der Waals surface area contributed by atoms with Crippen molar-refractivity contribution in [3.63, 3.8) is 0 Å². The topological polar surface area (TPSA) is 57.1 Å². The van der Waals surface area contributed by atoms with Crippen LogP contribution in [0.1, 0.15) is 18.5 Å². The van der Waals surface area contributed by atoms with Crippen molar-refractivity contribution in [2.24, 2.45) is 0 Å². The lowest BCUT2D eigenvalue weighted by Crippen LogP contribution is -2.87. The molecule has 3 nitrogen and oxygen atoms in total. The van der Waals surface area contributed by atoms with Gasteiger partial charge in [0.25, 0.3) is 0 Å². The van der Waals surface area contributed by atoms with Crippen LogP contribution < -0.4 is 5.32 Å². The molecule has 4 N–H and O–H groups in total. The first-order valence-corrected chi connectivity index (χ1v) is 4.91. The largest absolute Gasteiger partial charge is 0.393 e. The number of aliphatic hydroxyl groups is 2. The van der Waals surface area contributed by atoms with E-state index >= 15 is 0 Å². The minimum atomic E-state index is -0.624. The van der Waals surface area contributed by atoms with E-state index in [0.29, 0.717) is 12.6 Å². The number of aliphatic hydroxyl groups excluding tert-OH is 2. The Bertz CT molecular complexity index is 251. The van der Waals surface area contributed by atoms with Crippen molar-refractivity contribution in [1.82, 2.24) is 0 Å². The molecule has 0 aliphatic heterocycles. The Morgan fingerprint density at radius 2 is 1.93 bits per heavy atom. The van der Waals surface area contributed by atoms with Gasteiger partial charge in [0.2, 0.25) is 0 Å². The highest BCUT2D eigenvalue weighted by molar-refractivity contribution is 5.16. The Hall–Kier alpha value is -0.900. The zero-order chi connectivity index (χ0) is 10.4. The molecule has 0 fully saturated rings.